The zero-order chi connectivity index (χ0) is 32.9. The topological polar surface area (TPSA) is 33.3 Å². The van der Waals surface area contributed by atoms with Gasteiger partial charge in [-0.3, -0.25) is 0 Å². The third-order valence-corrected chi connectivity index (χ3v) is 11.0. The van der Waals surface area contributed by atoms with Crippen LogP contribution in [0.15, 0.2) is 91.6 Å². The fourth-order valence-electron chi connectivity index (χ4n) is 8.24. The van der Waals surface area contributed by atoms with Crippen molar-refractivity contribution >= 4 is 10.9 Å². The molecule has 3 saturated heterocycles. The maximum Gasteiger partial charge on any atom is 0.213 e. The first kappa shape index (κ1) is 32.5. The first-order chi connectivity index (χ1) is 21.8. The Morgan fingerprint density at radius 1 is 0.935 bits per heavy atom. The maximum absolute atomic E-state index is 12.6. The zero-order valence-electron chi connectivity index (χ0n) is 29.1. The number of aliphatic hydroxyl groups excluding tert-OH is 1. The molecule has 3 aliphatic rings. The second kappa shape index (κ2) is 12.3. The van der Waals surface area contributed by atoms with Crippen LogP contribution in [0, 0.1) is 11.8 Å². The van der Waals surface area contributed by atoms with Gasteiger partial charge in [-0.25, -0.2) is 0 Å². The van der Waals surface area contributed by atoms with Gasteiger partial charge in [-0.1, -0.05) is 84.0 Å². The van der Waals surface area contributed by atoms with Gasteiger partial charge in [0, 0.05) is 47.6 Å². The van der Waals surface area contributed by atoms with Crippen LogP contribution in [0.2, 0.25) is 0 Å². The normalized spacial score (nSPS) is 23.8. The molecule has 4 heteroatoms. The number of benzene rings is 3. The van der Waals surface area contributed by atoms with Gasteiger partial charge in [-0.15, -0.1) is 6.58 Å². The summed E-state index contributed by atoms with van der Waals surface area (Å²) in [6, 6.07) is 26.4. The molecule has 0 radical (unpaired) electrons. The van der Waals surface area contributed by atoms with Crippen molar-refractivity contribution in [2.75, 3.05) is 20.2 Å². The SMILES string of the molecule is C=C[C@H]1C[N@+]2(Cc3cc(C(C)(C)C)cc(C(C)(C)C)c3)CC[C@H]1C[C@@H]2[C@@H](O)c1cc[n+](Cc2ccccc2)c2ccc(OC)cc12. The molecule has 1 aromatic heterocycles. The summed E-state index contributed by atoms with van der Waals surface area (Å²) in [6.07, 6.45) is 5.96. The number of methoxy groups -OCH3 is 1. The molecule has 4 nitrogen and oxygen atoms in total. The fourth-order valence-corrected chi connectivity index (χ4v) is 8.24. The lowest BCUT2D eigenvalue weighted by atomic mass is 9.71. The molecule has 3 fully saturated rings. The number of pyridine rings is 1. The van der Waals surface area contributed by atoms with E-state index in [2.05, 4.69) is 132 Å². The second-order valence-corrected chi connectivity index (χ2v) is 16.2. The van der Waals surface area contributed by atoms with Crippen molar-refractivity contribution in [1.29, 1.82) is 0 Å². The molecule has 0 aliphatic carbocycles. The Labute approximate surface area is 276 Å². The third kappa shape index (κ3) is 6.27. The van der Waals surface area contributed by atoms with Gasteiger partial charge in [-0.05, 0) is 52.1 Å². The number of quaternary nitrogens is 1. The van der Waals surface area contributed by atoms with Gasteiger partial charge in [0.1, 0.15) is 24.4 Å². The molecule has 4 heterocycles. The van der Waals surface area contributed by atoms with E-state index in [1.807, 2.05) is 6.07 Å². The van der Waals surface area contributed by atoms with Gasteiger partial charge in [0.25, 0.3) is 0 Å². The number of aromatic nitrogens is 1. The summed E-state index contributed by atoms with van der Waals surface area (Å²) < 4.78 is 8.90. The Hall–Kier alpha value is -3.47. The van der Waals surface area contributed by atoms with E-state index in [-0.39, 0.29) is 16.9 Å². The molecular formula is C42H54N2O2+2. The summed E-state index contributed by atoms with van der Waals surface area (Å²) in [5, 5.41) is 13.7. The van der Waals surface area contributed by atoms with Crippen molar-refractivity contribution in [3.8, 4) is 5.75 Å². The van der Waals surface area contributed by atoms with Crippen LogP contribution in [0.4, 0.5) is 0 Å². The highest BCUT2D eigenvalue weighted by Crippen LogP contribution is 2.48. The predicted octanol–water partition coefficient (Wildman–Crippen LogP) is 8.42. The number of ether oxygens (including phenoxy) is 1. The van der Waals surface area contributed by atoms with Crippen LogP contribution in [0.3, 0.4) is 0 Å². The van der Waals surface area contributed by atoms with E-state index in [1.165, 1.54) is 28.7 Å². The number of hydrogen-bond donors (Lipinski definition) is 1. The maximum atomic E-state index is 12.6. The van der Waals surface area contributed by atoms with Gasteiger partial charge in [0.2, 0.25) is 5.52 Å². The number of rotatable bonds is 8. The highest BCUT2D eigenvalue weighted by Gasteiger charge is 2.54. The van der Waals surface area contributed by atoms with Gasteiger partial charge >= 0.3 is 0 Å². The van der Waals surface area contributed by atoms with E-state index in [9.17, 15) is 5.11 Å². The largest absolute Gasteiger partial charge is 0.497 e. The van der Waals surface area contributed by atoms with Crippen molar-refractivity contribution in [2.45, 2.75) is 90.4 Å². The molecule has 3 aromatic carbocycles. The molecule has 0 saturated carbocycles. The quantitative estimate of drug-likeness (QED) is 0.122. The van der Waals surface area contributed by atoms with E-state index in [1.54, 1.807) is 7.11 Å². The van der Waals surface area contributed by atoms with Gasteiger partial charge in [0.05, 0.1) is 25.6 Å². The van der Waals surface area contributed by atoms with Crippen molar-refractivity contribution in [3.63, 3.8) is 0 Å². The van der Waals surface area contributed by atoms with Gasteiger partial charge < -0.3 is 14.3 Å². The van der Waals surface area contributed by atoms with E-state index < -0.39 is 6.10 Å². The summed E-state index contributed by atoms with van der Waals surface area (Å²) in [5.41, 5.74) is 7.65. The highest BCUT2D eigenvalue weighted by atomic mass is 16.5. The summed E-state index contributed by atoms with van der Waals surface area (Å²) in [7, 11) is 1.72. The second-order valence-electron chi connectivity index (χ2n) is 16.2. The molecule has 4 aromatic rings. The average Bonchev–Trinajstić information content (AvgIpc) is 3.03. The molecule has 0 spiro atoms. The summed E-state index contributed by atoms with van der Waals surface area (Å²) in [4.78, 5) is 0. The van der Waals surface area contributed by atoms with E-state index in [4.69, 9.17) is 4.74 Å². The van der Waals surface area contributed by atoms with Crippen LogP contribution in [0.5, 0.6) is 5.75 Å². The third-order valence-electron chi connectivity index (χ3n) is 11.0. The van der Waals surface area contributed by atoms with Gasteiger partial charge in [0.15, 0.2) is 12.7 Å². The van der Waals surface area contributed by atoms with E-state index in [0.717, 1.165) is 59.3 Å². The van der Waals surface area contributed by atoms with Crippen LogP contribution in [-0.2, 0) is 23.9 Å². The minimum Gasteiger partial charge on any atom is -0.497 e. The van der Waals surface area contributed by atoms with Crippen LogP contribution in [0.25, 0.3) is 10.9 Å². The average molecular weight is 619 g/mol. The number of hydrogen-bond acceptors (Lipinski definition) is 2. The molecule has 5 atom stereocenters. The van der Waals surface area contributed by atoms with Gasteiger partial charge in [-0.2, -0.15) is 4.57 Å². The van der Waals surface area contributed by atoms with Crippen molar-refractivity contribution in [1.82, 2.24) is 0 Å². The summed E-state index contributed by atoms with van der Waals surface area (Å²) >= 11 is 0. The molecule has 46 heavy (non-hydrogen) atoms. The predicted molar refractivity (Wildman–Crippen MR) is 189 cm³/mol. The Morgan fingerprint density at radius 3 is 2.26 bits per heavy atom. The molecule has 1 N–H and O–H groups in total. The van der Waals surface area contributed by atoms with Crippen molar-refractivity contribution in [3.05, 3.63) is 119 Å². The first-order valence-electron chi connectivity index (χ1n) is 17.2. The van der Waals surface area contributed by atoms with Crippen molar-refractivity contribution < 1.29 is 18.9 Å². The Kier molecular flexibility index (Phi) is 8.67. The lowest BCUT2D eigenvalue weighted by Crippen LogP contribution is -2.67. The lowest BCUT2D eigenvalue weighted by Gasteiger charge is -2.58. The summed E-state index contributed by atoms with van der Waals surface area (Å²) in [6.45, 7) is 22.0. The van der Waals surface area contributed by atoms with E-state index in [0.29, 0.717) is 11.8 Å². The molecule has 7 rings (SSSR count). The lowest BCUT2D eigenvalue weighted by molar-refractivity contribution is -0.984. The Balaban J connectivity index is 1.44. The molecular weight excluding hydrogens is 564 g/mol. The van der Waals surface area contributed by atoms with E-state index >= 15 is 0 Å². The molecule has 0 amide bonds. The molecule has 242 valence electrons. The van der Waals surface area contributed by atoms with Crippen molar-refractivity contribution in [2.24, 2.45) is 11.8 Å². The summed E-state index contributed by atoms with van der Waals surface area (Å²) in [5.74, 6) is 1.86. The number of aliphatic hydroxyl groups is 1. The zero-order valence-corrected chi connectivity index (χ0v) is 29.1. The standard InChI is InChI=1S/C42H54N2O2/c1-9-31-28-44(27-30-21-33(41(2,3)4)24-34(22-30)42(5,6)7)20-18-32(31)23-39(44)40(45)36-17-19-43(26-29-13-11-10-12-14-29)38-16-15-35(46-8)25-37(36)38/h9-17,19,21-22,24-25,31-32,39-40,45H,1,18,20,23,26-28H2,2-8H3/q+2/t31-,32-,39+,40-,44+/m0/s1. The smallest absolute Gasteiger partial charge is 0.213 e. The first-order valence-corrected chi connectivity index (χ1v) is 17.2. The molecule has 3 aliphatic heterocycles. The van der Waals surface area contributed by atoms with Crippen LogP contribution < -0.4 is 9.30 Å². The minimum atomic E-state index is -0.595. The molecule has 2 bridgehead atoms. The number of piperidine rings is 3. The Bertz CT molecular complexity index is 1680. The Morgan fingerprint density at radius 2 is 1.63 bits per heavy atom. The monoisotopic (exact) mass is 618 g/mol. The van der Waals surface area contributed by atoms with Crippen LogP contribution in [0.1, 0.15) is 88.3 Å². The number of fused-ring (bicyclic) bond motifs is 4. The van der Waals surface area contributed by atoms with Crippen LogP contribution in [-0.4, -0.2) is 35.8 Å². The highest BCUT2D eigenvalue weighted by molar-refractivity contribution is 5.81. The minimum absolute atomic E-state index is 0.0601. The fraction of sp³-hybridized carbons (Fsp3) is 0.452. The molecule has 0 unspecified atom stereocenters. The number of nitrogens with zero attached hydrogens (tertiary/aromatic N) is 2. The van der Waals surface area contributed by atoms with Crippen LogP contribution >= 0.6 is 0 Å².